The van der Waals surface area contributed by atoms with Crippen LogP contribution in [0.15, 0.2) is 23.3 Å². The first kappa shape index (κ1) is 14.7. The monoisotopic (exact) mass is 289 g/mol. The first-order valence-electron chi connectivity index (χ1n) is 5.11. The molecular weight excluding hydrogens is 277 g/mol. The van der Waals surface area contributed by atoms with E-state index in [1.165, 1.54) is 18.2 Å². The Morgan fingerprint density at radius 2 is 2.28 bits per heavy atom. The Labute approximate surface area is 115 Å². The van der Waals surface area contributed by atoms with Crippen molar-refractivity contribution in [3.05, 3.63) is 29.0 Å². The van der Waals surface area contributed by atoms with Crippen molar-refractivity contribution in [3.63, 3.8) is 0 Å². The number of hydrazone groups is 1. The Morgan fingerprint density at radius 3 is 2.83 bits per heavy atom. The lowest BCUT2D eigenvalue weighted by atomic mass is 10.2. The van der Waals surface area contributed by atoms with E-state index in [-0.39, 0.29) is 16.2 Å². The van der Waals surface area contributed by atoms with Crippen molar-refractivity contribution >= 4 is 34.6 Å². The second kappa shape index (κ2) is 6.51. The fourth-order valence-corrected chi connectivity index (χ4v) is 1.29. The Kier molecular flexibility index (Phi) is 5.30. The molecule has 1 atom stereocenters. The van der Waals surface area contributed by atoms with Gasteiger partial charge in [-0.2, -0.15) is 5.10 Å². The van der Waals surface area contributed by atoms with Gasteiger partial charge in [-0.05, 0) is 38.2 Å². The minimum absolute atomic E-state index is 0.00977. The number of thiocarbonyl (C=S) groups is 1. The van der Waals surface area contributed by atoms with E-state index in [0.29, 0.717) is 11.5 Å². The van der Waals surface area contributed by atoms with Crippen LogP contribution in [-0.4, -0.2) is 16.9 Å². The lowest BCUT2D eigenvalue weighted by Crippen LogP contribution is -2.29. The molecule has 7 heteroatoms. The summed E-state index contributed by atoms with van der Waals surface area (Å²) >= 11 is 10.3. The van der Waals surface area contributed by atoms with Crippen LogP contribution in [0.2, 0.25) is 5.02 Å². The maximum Gasteiger partial charge on any atom is 0.184 e. The van der Waals surface area contributed by atoms with Crippen LogP contribution in [0.4, 0.5) is 4.39 Å². The zero-order valence-electron chi connectivity index (χ0n) is 9.91. The Morgan fingerprint density at radius 1 is 1.61 bits per heavy atom. The van der Waals surface area contributed by atoms with Crippen LogP contribution in [-0.2, 0) is 0 Å². The number of hydrogen-bond donors (Lipinski definition) is 2. The molecule has 0 saturated carbocycles. The molecule has 1 unspecified atom stereocenters. The molecule has 0 aromatic heterocycles. The molecule has 0 bridgehead atoms. The van der Waals surface area contributed by atoms with Gasteiger partial charge in [-0.25, -0.2) is 4.39 Å². The molecule has 18 heavy (non-hydrogen) atoms. The van der Waals surface area contributed by atoms with Crippen molar-refractivity contribution in [1.82, 2.24) is 5.43 Å². The molecule has 3 N–H and O–H groups in total. The van der Waals surface area contributed by atoms with Crippen molar-refractivity contribution in [1.29, 1.82) is 0 Å². The van der Waals surface area contributed by atoms with Gasteiger partial charge >= 0.3 is 0 Å². The number of nitrogens with one attached hydrogen (secondary N) is 1. The summed E-state index contributed by atoms with van der Waals surface area (Å²) in [6, 6.07) is 4.14. The molecule has 0 aliphatic carbocycles. The van der Waals surface area contributed by atoms with E-state index in [2.05, 4.69) is 22.7 Å². The van der Waals surface area contributed by atoms with E-state index in [4.69, 9.17) is 22.1 Å². The van der Waals surface area contributed by atoms with E-state index < -0.39 is 5.82 Å². The van der Waals surface area contributed by atoms with E-state index >= 15 is 0 Å². The molecular formula is C11H13ClFN3OS. The third kappa shape index (κ3) is 4.46. The fourth-order valence-electron chi connectivity index (χ4n) is 1.07. The predicted octanol–water partition coefficient (Wildman–Crippen LogP) is 2.46. The van der Waals surface area contributed by atoms with Crippen LogP contribution in [0.3, 0.4) is 0 Å². The molecule has 1 aromatic carbocycles. The minimum Gasteiger partial charge on any atom is -0.485 e. The fraction of sp³-hybridized carbons (Fsp3) is 0.273. The molecule has 1 aromatic rings. The summed E-state index contributed by atoms with van der Waals surface area (Å²) in [5, 5.41) is 4.01. The Balaban J connectivity index is 2.68. The molecule has 4 nitrogen and oxygen atoms in total. The van der Waals surface area contributed by atoms with Gasteiger partial charge in [0.05, 0.1) is 10.7 Å². The van der Waals surface area contributed by atoms with Gasteiger partial charge in [-0.1, -0.05) is 11.6 Å². The maximum absolute atomic E-state index is 13.0. The number of hydrogen-bond acceptors (Lipinski definition) is 3. The summed E-state index contributed by atoms with van der Waals surface area (Å²) in [5.41, 5.74) is 8.35. The van der Waals surface area contributed by atoms with Gasteiger partial charge in [0.15, 0.2) is 5.11 Å². The highest BCUT2D eigenvalue weighted by atomic mass is 35.5. The number of ether oxygens (including phenoxy) is 1. The Hall–Kier alpha value is -1.40. The third-order valence-electron chi connectivity index (χ3n) is 2.13. The third-order valence-corrected chi connectivity index (χ3v) is 2.52. The average molecular weight is 290 g/mol. The van der Waals surface area contributed by atoms with Gasteiger partial charge in [0.2, 0.25) is 0 Å². The van der Waals surface area contributed by atoms with Crippen molar-refractivity contribution < 1.29 is 9.13 Å². The van der Waals surface area contributed by atoms with Crippen LogP contribution < -0.4 is 15.9 Å². The SMILES string of the molecule is C/C(=N\NC(N)=S)C(C)Oc1ccc(F)c(Cl)c1. The van der Waals surface area contributed by atoms with Crippen molar-refractivity contribution in [2.75, 3.05) is 0 Å². The van der Waals surface area contributed by atoms with Gasteiger partial charge in [0.25, 0.3) is 0 Å². The maximum atomic E-state index is 13.0. The molecule has 0 fully saturated rings. The zero-order valence-corrected chi connectivity index (χ0v) is 11.5. The van der Waals surface area contributed by atoms with Crippen molar-refractivity contribution in [2.24, 2.45) is 10.8 Å². The summed E-state index contributed by atoms with van der Waals surface area (Å²) in [6.45, 7) is 3.54. The van der Waals surface area contributed by atoms with Crippen LogP contribution >= 0.6 is 23.8 Å². The van der Waals surface area contributed by atoms with Crippen LogP contribution in [0.25, 0.3) is 0 Å². The highest BCUT2D eigenvalue weighted by molar-refractivity contribution is 7.80. The number of nitrogens with zero attached hydrogens (tertiary/aromatic N) is 1. The molecule has 0 aliphatic rings. The van der Waals surface area contributed by atoms with E-state index in [1.54, 1.807) is 13.8 Å². The standard InChI is InChI=1S/C11H13ClFN3OS/c1-6(15-16-11(14)18)7(2)17-8-3-4-10(13)9(12)5-8/h3-5,7H,1-2H3,(H3,14,16,18)/b15-6+. The zero-order chi connectivity index (χ0) is 13.7. The molecule has 0 saturated heterocycles. The normalized spacial score (nSPS) is 13.0. The van der Waals surface area contributed by atoms with Crippen LogP contribution in [0.5, 0.6) is 5.75 Å². The average Bonchev–Trinajstić information content (AvgIpc) is 2.30. The molecule has 0 radical (unpaired) electrons. The molecule has 0 amide bonds. The lowest BCUT2D eigenvalue weighted by molar-refractivity contribution is 0.285. The van der Waals surface area contributed by atoms with Gasteiger partial charge in [-0.15, -0.1) is 0 Å². The summed E-state index contributed by atoms with van der Waals surface area (Å²) in [6.07, 6.45) is -0.326. The van der Waals surface area contributed by atoms with E-state index in [9.17, 15) is 4.39 Å². The van der Waals surface area contributed by atoms with Crippen molar-refractivity contribution in [3.8, 4) is 5.75 Å². The molecule has 0 heterocycles. The molecule has 0 spiro atoms. The van der Waals surface area contributed by atoms with Gasteiger partial charge in [0, 0.05) is 6.07 Å². The summed E-state index contributed by atoms with van der Waals surface area (Å²) < 4.78 is 18.5. The summed E-state index contributed by atoms with van der Waals surface area (Å²) in [5.74, 6) is -0.0315. The first-order valence-corrected chi connectivity index (χ1v) is 5.90. The quantitative estimate of drug-likeness (QED) is 0.508. The van der Waals surface area contributed by atoms with E-state index in [1.807, 2.05) is 0 Å². The second-order valence-corrected chi connectivity index (χ2v) is 4.41. The van der Waals surface area contributed by atoms with Crippen molar-refractivity contribution in [2.45, 2.75) is 20.0 Å². The number of nitrogens with two attached hydrogens (primary N) is 1. The van der Waals surface area contributed by atoms with Crippen LogP contribution in [0, 0.1) is 5.82 Å². The predicted molar refractivity (Wildman–Crippen MR) is 74.5 cm³/mol. The number of benzene rings is 1. The summed E-state index contributed by atoms with van der Waals surface area (Å²) in [4.78, 5) is 0. The summed E-state index contributed by atoms with van der Waals surface area (Å²) in [7, 11) is 0. The largest absolute Gasteiger partial charge is 0.485 e. The lowest BCUT2D eigenvalue weighted by Gasteiger charge is -2.14. The first-order chi connectivity index (χ1) is 8.40. The number of halogens is 2. The van der Waals surface area contributed by atoms with Crippen LogP contribution in [0.1, 0.15) is 13.8 Å². The highest BCUT2D eigenvalue weighted by Gasteiger charge is 2.09. The molecule has 1 rings (SSSR count). The van der Waals surface area contributed by atoms with Gasteiger partial charge in [-0.3, -0.25) is 5.43 Å². The minimum atomic E-state index is -0.489. The second-order valence-electron chi connectivity index (χ2n) is 3.57. The number of rotatable bonds is 4. The van der Waals surface area contributed by atoms with Gasteiger partial charge in [0.1, 0.15) is 17.7 Å². The molecule has 98 valence electrons. The highest BCUT2D eigenvalue weighted by Crippen LogP contribution is 2.22. The Bertz CT molecular complexity index is 481. The smallest absolute Gasteiger partial charge is 0.184 e. The topological polar surface area (TPSA) is 59.6 Å². The van der Waals surface area contributed by atoms with Gasteiger partial charge < -0.3 is 10.5 Å². The molecule has 0 aliphatic heterocycles. The van der Waals surface area contributed by atoms with E-state index in [0.717, 1.165) is 0 Å².